The zero-order valence-corrected chi connectivity index (χ0v) is 5.94. The van der Waals surface area contributed by atoms with Gasteiger partial charge in [-0.1, -0.05) is 0 Å². The molecule has 0 bridgehead atoms. The van der Waals surface area contributed by atoms with E-state index in [4.69, 9.17) is 5.73 Å². The Hall–Kier alpha value is -1.42. The molecule has 0 atom stereocenters. The van der Waals surface area contributed by atoms with E-state index in [1.807, 2.05) is 12.3 Å². The van der Waals surface area contributed by atoms with Crippen molar-refractivity contribution in [3.63, 3.8) is 0 Å². The zero-order chi connectivity index (χ0) is 7.68. The quantitative estimate of drug-likeness (QED) is 0.628. The van der Waals surface area contributed by atoms with E-state index in [0.717, 1.165) is 11.1 Å². The molecule has 2 heterocycles. The van der Waals surface area contributed by atoms with Gasteiger partial charge in [0.15, 0.2) is 0 Å². The Morgan fingerprint density at radius 1 is 1.55 bits per heavy atom. The van der Waals surface area contributed by atoms with E-state index in [2.05, 4.69) is 10.1 Å². The Labute approximate surface area is 63.7 Å². The summed E-state index contributed by atoms with van der Waals surface area (Å²) in [4.78, 5) is 3.91. The second kappa shape index (κ2) is 2.32. The molecule has 2 N–H and O–H groups in total. The largest absolute Gasteiger partial charge is 0.326 e. The van der Waals surface area contributed by atoms with Crippen molar-refractivity contribution in [2.75, 3.05) is 0 Å². The van der Waals surface area contributed by atoms with Crippen LogP contribution in [0.15, 0.2) is 24.8 Å². The lowest BCUT2D eigenvalue weighted by Crippen LogP contribution is -1.96. The molecule has 4 nitrogen and oxygen atoms in total. The summed E-state index contributed by atoms with van der Waals surface area (Å²) in [6.07, 6.45) is 5.14. The fourth-order valence-electron chi connectivity index (χ4n) is 1.08. The van der Waals surface area contributed by atoms with E-state index in [1.165, 1.54) is 6.33 Å². The molecule has 0 amide bonds. The molecule has 0 aliphatic rings. The first-order valence-corrected chi connectivity index (χ1v) is 3.38. The topological polar surface area (TPSA) is 56.2 Å². The van der Waals surface area contributed by atoms with Gasteiger partial charge in [-0.15, -0.1) is 0 Å². The molecule has 4 heteroatoms. The van der Waals surface area contributed by atoms with Crippen molar-refractivity contribution < 1.29 is 0 Å². The standard InChI is InChI=1S/C7H8N4/c8-3-6-1-2-11-7(6)4-9-5-10-11/h1-2,4-5H,3,8H2. The minimum absolute atomic E-state index is 0.532. The minimum Gasteiger partial charge on any atom is -0.326 e. The summed E-state index contributed by atoms with van der Waals surface area (Å²) in [7, 11) is 0. The summed E-state index contributed by atoms with van der Waals surface area (Å²) < 4.78 is 1.76. The predicted octanol–water partition coefficient (Wildman–Crippen LogP) is 0.188. The van der Waals surface area contributed by atoms with Crippen LogP contribution in [0, 0.1) is 0 Å². The van der Waals surface area contributed by atoms with Crippen molar-refractivity contribution in [1.82, 2.24) is 14.6 Å². The predicted molar refractivity (Wildman–Crippen MR) is 40.9 cm³/mol. The molecule has 56 valence electrons. The van der Waals surface area contributed by atoms with Gasteiger partial charge in [-0.3, -0.25) is 0 Å². The molecular weight excluding hydrogens is 140 g/mol. The van der Waals surface area contributed by atoms with Gasteiger partial charge < -0.3 is 5.73 Å². The van der Waals surface area contributed by atoms with Gasteiger partial charge >= 0.3 is 0 Å². The second-order valence-corrected chi connectivity index (χ2v) is 2.28. The van der Waals surface area contributed by atoms with Gasteiger partial charge in [0, 0.05) is 12.7 Å². The number of aromatic nitrogens is 3. The third kappa shape index (κ3) is 0.877. The molecule has 0 fully saturated rings. The highest BCUT2D eigenvalue weighted by Crippen LogP contribution is 2.07. The van der Waals surface area contributed by atoms with Crippen LogP contribution in [0.25, 0.3) is 5.52 Å². The highest BCUT2D eigenvalue weighted by molar-refractivity contribution is 5.52. The molecule has 0 aliphatic heterocycles. The maximum absolute atomic E-state index is 5.49. The van der Waals surface area contributed by atoms with Crippen molar-refractivity contribution in [3.8, 4) is 0 Å². The van der Waals surface area contributed by atoms with Gasteiger partial charge in [-0.2, -0.15) is 5.10 Å². The summed E-state index contributed by atoms with van der Waals surface area (Å²) in [5.41, 5.74) is 7.55. The lowest BCUT2D eigenvalue weighted by Gasteiger charge is -1.92. The highest BCUT2D eigenvalue weighted by Gasteiger charge is 1.98. The molecule has 0 spiro atoms. The molecule has 0 saturated carbocycles. The first-order valence-electron chi connectivity index (χ1n) is 3.38. The number of hydrogen-bond donors (Lipinski definition) is 1. The Bertz CT molecular complexity index is 365. The fraction of sp³-hybridized carbons (Fsp3) is 0.143. The molecular formula is C7H8N4. The van der Waals surface area contributed by atoms with Gasteiger partial charge in [0.25, 0.3) is 0 Å². The molecule has 11 heavy (non-hydrogen) atoms. The van der Waals surface area contributed by atoms with Crippen LogP contribution in [0.2, 0.25) is 0 Å². The third-order valence-corrected chi connectivity index (χ3v) is 1.65. The summed E-state index contributed by atoms with van der Waals surface area (Å²) in [5, 5.41) is 4.00. The SMILES string of the molecule is NCc1ccn2ncncc12. The number of rotatable bonds is 1. The number of nitrogens with zero attached hydrogens (tertiary/aromatic N) is 3. The van der Waals surface area contributed by atoms with Gasteiger partial charge in [0.1, 0.15) is 6.33 Å². The summed E-state index contributed by atoms with van der Waals surface area (Å²) in [6.45, 7) is 0.532. The minimum atomic E-state index is 0.532. The first kappa shape index (κ1) is 6.30. The van der Waals surface area contributed by atoms with Crippen molar-refractivity contribution in [3.05, 3.63) is 30.4 Å². The number of nitrogens with two attached hydrogens (primary N) is 1. The van der Waals surface area contributed by atoms with E-state index in [-0.39, 0.29) is 0 Å². The van der Waals surface area contributed by atoms with Crippen LogP contribution in [0.1, 0.15) is 5.56 Å². The summed E-state index contributed by atoms with van der Waals surface area (Å²) >= 11 is 0. The molecule has 0 radical (unpaired) electrons. The smallest absolute Gasteiger partial charge is 0.136 e. The molecule has 0 aliphatic carbocycles. The van der Waals surface area contributed by atoms with Crippen molar-refractivity contribution in [1.29, 1.82) is 0 Å². The Morgan fingerprint density at radius 2 is 2.45 bits per heavy atom. The van der Waals surface area contributed by atoms with E-state index >= 15 is 0 Å². The highest BCUT2D eigenvalue weighted by atomic mass is 15.2. The van der Waals surface area contributed by atoms with Gasteiger partial charge in [0.05, 0.1) is 11.7 Å². The van der Waals surface area contributed by atoms with Crippen LogP contribution in [0.5, 0.6) is 0 Å². The Kier molecular flexibility index (Phi) is 1.33. The lowest BCUT2D eigenvalue weighted by atomic mass is 10.3. The van der Waals surface area contributed by atoms with Crippen LogP contribution in [0.3, 0.4) is 0 Å². The van der Waals surface area contributed by atoms with E-state index in [0.29, 0.717) is 6.54 Å². The van der Waals surface area contributed by atoms with E-state index in [9.17, 15) is 0 Å². The number of fused-ring (bicyclic) bond motifs is 1. The second-order valence-electron chi connectivity index (χ2n) is 2.28. The molecule has 2 aromatic heterocycles. The van der Waals surface area contributed by atoms with Gasteiger partial charge in [-0.25, -0.2) is 9.50 Å². The molecule has 0 aromatic carbocycles. The average molecular weight is 148 g/mol. The Balaban J connectivity index is 2.76. The molecule has 2 aromatic rings. The average Bonchev–Trinajstić information content (AvgIpc) is 2.47. The van der Waals surface area contributed by atoms with Crippen molar-refractivity contribution in [2.24, 2.45) is 5.73 Å². The van der Waals surface area contributed by atoms with Crippen LogP contribution in [-0.4, -0.2) is 14.6 Å². The molecule has 0 unspecified atom stereocenters. The fourth-order valence-corrected chi connectivity index (χ4v) is 1.08. The van der Waals surface area contributed by atoms with Crippen LogP contribution >= 0.6 is 0 Å². The van der Waals surface area contributed by atoms with Crippen LogP contribution in [0.4, 0.5) is 0 Å². The Morgan fingerprint density at radius 3 is 3.27 bits per heavy atom. The van der Waals surface area contributed by atoms with E-state index in [1.54, 1.807) is 10.7 Å². The maximum atomic E-state index is 5.49. The van der Waals surface area contributed by atoms with Crippen LogP contribution in [-0.2, 0) is 6.54 Å². The molecule has 2 rings (SSSR count). The normalized spacial score (nSPS) is 10.6. The zero-order valence-electron chi connectivity index (χ0n) is 5.94. The van der Waals surface area contributed by atoms with Gasteiger partial charge in [0.2, 0.25) is 0 Å². The maximum Gasteiger partial charge on any atom is 0.136 e. The van der Waals surface area contributed by atoms with Crippen LogP contribution < -0.4 is 5.73 Å². The van der Waals surface area contributed by atoms with Crippen molar-refractivity contribution >= 4 is 5.52 Å². The monoisotopic (exact) mass is 148 g/mol. The number of hydrogen-bond acceptors (Lipinski definition) is 3. The third-order valence-electron chi connectivity index (χ3n) is 1.65. The van der Waals surface area contributed by atoms with Gasteiger partial charge in [-0.05, 0) is 11.6 Å². The first-order chi connectivity index (χ1) is 5.42. The van der Waals surface area contributed by atoms with E-state index < -0.39 is 0 Å². The molecule has 0 saturated heterocycles. The lowest BCUT2D eigenvalue weighted by molar-refractivity contribution is 0.899. The van der Waals surface area contributed by atoms with Crippen molar-refractivity contribution in [2.45, 2.75) is 6.54 Å². The summed E-state index contributed by atoms with van der Waals surface area (Å²) in [6, 6.07) is 1.95. The summed E-state index contributed by atoms with van der Waals surface area (Å²) in [5.74, 6) is 0.